The van der Waals surface area contributed by atoms with Gasteiger partial charge in [0.15, 0.2) is 0 Å². The molecule has 0 aliphatic heterocycles. The monoisotopic (exact) mass is 430 g/mol. The number of hydrogen-bond donors (Lipinski definition) is 3. The summed E-state index contributed by atoms with van der Waals surface area (Å²) in [5, 5.41) is 18.5. The molecule has 0 saturated heterocycles. The van der Waals surface area contributed by atoms with Crippen LogP contribution in [0.3, 0.4) is 0 Å². The van der Waals surface area contributed by atoms with E-state index in [0.29, 0.717) is 38.7 Å². The maximum absolute atomic E-state index is 11.6. The van der Waals surface area contributed by atoms with Crippen LogP contribution in [0.15, 0.2) is 68.6 Å². The van der Waals surface area contributed by atoms with Gasteiger partial charge in [-0.05, 0) is 0 Å². The van der Waals surface area contributed by atoms with Gasteiger partial charge in [-0.25, -0.2) is 0 Å². The van der Waals surface area contributed by atoms with Crippen molar-refractivity contribution in [3.05, 3.63) is 48.5 Å². The van der Waals surface area contributed by atoms with Gasteiger partial charge in [-0.2, -0.15) is 8.42 Å². The Kier molecular flexibility index (Phi) is 5.60. The summed E-state index contributed by atoms with van der Waals surface area (Å²) in [5.41, 5.74) is -0.149. The van der Waals surface area contributed by atoms with E-state index in [0.717, 1.165) is 8.88 Å². The third-order valence-electron chi connectivity index (χ3n) is 3.89. The molecule has 0 unspecified atom stereocenters. The molecule has 0 heterocycles. The second kappa shape index (κ2) is 7.52. The molecule has 3 aromatic rings. The Hall–Kier alpha value is -1.86. The summed E-state index contributed by atoms with van der Waals surface area (Å²) < 4.78 is 65.0. The summed E-state index contributed by atoms with van der Waals surface area (Å²) in [6.07, 6.45) is 0. The predicted molar refractivity (Wildman–Crippen MR) is 101 cm³/mol. The molecule has 28 heavy (non-hydrogen) atoms. The summed E-state index contributed by atoms with van der Waals surface area (Å²) in [6.45, 7) is 0. The van der Waals surface area contributed by atoms with Gasteiger partial charge in [-0.3, -0.25) is 4.55 Å². The van der Waals surface area contributed by atoms with Crippen molar-refractivity contribution in [2.24, 2.45) is 10.2 Å². The van der Waals surface area contributed by atoms with Crippen LogP contribution in [0.25, 0.3) is 10.8 Å². The molecule has 3 rings (SSSR count). The molecular formula is C16H11N2NaO7S2. The van der Waals surface area contributed by atoms with Crippen LogP contribution in [-0.2, 0) is 20.2 Å². The van der Waals surface area contributed by atoms with E-state index in [1.165, 1.54) is 36.4 Å². The van der Waals surface area contributed by atoms with Crippen molar-refractivity contribution in [1.29, 1.82) is 0 Å². The number of azo groups is 1. The number of rotatable bonds is 4. The first-order chi connectivity index (χ1) is 13.0. The summed E-state index contributed by atoms with van der Waals surface area (Å²) in [6, 6.07) is 10.7. The number of aromatic hydroxyl groups is 1. The fraction of sp³-hybridized carbons (Fsp3) is 0. The number of phenols is 1. The summed E-state index contributed by atoms with van der Waals surface area (Å²) in [4.78, 5) is -0.734. The molecule has 0 aliphatic carbocycles. The number of benzene rings is 3. The molecule has 9 nitrogen and oxygen atoms in total. The van der Waals surface area contributed by atoms with Crippen LogP contribution in [-0.4, -0.2) is 59.0 Å². The molecule has 0 bridgehead atoms. The van der Waals surface area contributed by atoms with Gasteiger partial charge in [0.25, 0.3) is 0 Å². The first-order valence-electron chi connectivity index (χ1n) is 7.70. The Labute approximate surface area is 177 Å². The number of phenolic OH excluding ortho intramolecular Hbond substituents is 1. The van der Waals surface area contributed by atoms with Gasteiger partial charge < -0.3 is 0 Å². The first-order valence-corrected chi connectivity index (χ1v) is 11.6. The summed E-state index contributed by atoms with van der Waals surface area (Å²) in [7, 11) is -8.93. The van der Waals surface area contributed by atoms with E-state index in [2.05, 4.69) is 10.2 Å². The van der Waals surface area contributed by atoms with Gasteiger partial charge in [0.2, 0.25) is 0 Å². The molecule has 3 aromatic carbocycles. The minimum atomic E-state index is -4.52. The summed E-state index contributed by atoms with van der Waals surface area (Å²) >= 11 is 0.559. The Morgan fingerprint density at radius 2 is 1.54 bits per heavy atom. The molecular weight excluding hydrogens is 419 g/mol. The number of fused-ring (bicyclic) bond motifs is 1. The van der Waals surface area contributed by atoms with Crippen LogP contribution in [0, 0.1) is 0 Å². The van der Waals surface area contributed by atoms with Crippen LogP contribution < -0.4 is 2.81 Å². The minimum absolute atomic E-state index is 0.0318. The fourth-order valence-electron chi connectivity index (χ4n) is 2.56. The van der Waals surface area contributed by atoms with E-state index in [1.54, 1.807) is 6.07 Å². The zero-order valence-electron chi connectivity index (χ0n) is 14.3. The number of nitrogens with zero attached hydrogens (tertiary/aromatic N) is 2. The average molecular weight is 430 g/mol. The predicted octanol–water partition coefficient (Wildman–Crippen LogP) is 2.25. The first kappa shape index (κ1) is 20.9. The molecule has 0 amide bonds. The second-order valence-corrected chi connectivity index (χ2v) is 9.90. The van der Waals surface area contributed by atoms with Gasteiger partial charge in [0, 0.05) is 0 Å². The van der Waals surface area contributed by atoms with Crippen LogP contribution in [0.2, 0.25) is 0 Å². The van der Waals surface area contributed by atoms with Gasteiger partial charge in [0.05, 0.1) is 0 Å². The molecule has 3 N–H and O–H groups in total. The van der Waals surface area contributed by atoms with Crippen molar-refractivity contribution in [1.82, 2.24) is 0 Å². The van der Waals surface area contributed by atoms with Crippen molar-refractivity contribution in [3.8, 4) is 5.75 Å². The van der Waals surface area contributed by atoms with Crippen LogP contribution in [0.1, 0.15) is 0 Å². The molecule has 0 radical (unpaired) electrons. The average Bonchev–Trinajstić information content (AvgIpc) is 2.59. The molecule has 12 heteroatoms. The van der Waals surface area contributed by atoms with Crippen molar-refractivity contribution < 1.29 is 31.0 Å². The zero-order chi connectivity index (χ0) is 20.7. The van der Waals surface area contributed by atoms with E-state index in [4.69, 9.17) is 4.55 Å². The van der Waals surface area contributed by atoms with Crippen molar-refractivity contribution in [2.75, 3.05) is 0 Å². The van der Waals surface area contributed by atoms with Crippen LogP contribution in [0.5, 0.6) is 5.75 Å². The van der Waals surface area contributed by atoms with E-state index in [-0.39, 0.29) is 22.0 Å². The van der Waals surface area contributed by atoms with Gasteiger partial charge >= 0.3 is 166 Å². The number of hydrogen-bond acceptors (Lipinski definition) is 7. The molecule has 0 aromatic heterocycles. The van der Waals surface area contributed by atoms with Crippen molar-refractivity contribution in [2.45, 2.75) is 9.79 Å². The Morgan fingerprint density at radius 1 is 0.821 bits per heavy atom. The van der Waals surface area contributed by atoms with E-state index in [1.807, 2.05) is 0 Å². The molecule has 0 saturated carbocycles. The second-order valence-electron chi connectivity index (χ2n) is 5.94. The van der Waals surface area contributed by atoms with E-state index < -0.39 is 25.1 Å². The van der Waals surface area contributed by atoms with E-state index in [9.17, 15) is 26.5 Å². The van der Waals surface area contributed by atoms with Crippen LogP contribution in [0.4, 0.5) is 11.4 Å². The molecule has 140 valence electrons. The normalized spacial score (nSPS) is 12.7. The van der Waals surface area contributed by atoms with Gasteiger partial charge in [0.1, 0.15) is 0 Å². The quantitative estimate of drug-likeness (QED) is 0.326. The molecule has 0 fully saturated rings. The Balaban J connectivity index is 2.17. The topological polar surface area (TPSA) is 154 Å². The third-order valence-corrected chi connectivity index (χ3v) is 6.24. The van der Waals surface area contributed by atoms with Crippen molar-refractivity contribution in [3.63, 3.8) is 0 Å². The van der Waals surface area contributed by atoms with Crippen molar-refractivity contribution >= 4 is 73.1 Å². The Morgan fingerprint density at radius 3 is 2.18 bits per heavy atom. The van der Waals surface area contributed by atoms with E-state index >= 15 is 0 Å². The molecule has 0 atom stereocenters. The summed E-state index contributed by atoms with van der Waals surface area (Å²) in [5.74, 6) is -0.274. The van der Waals surface area contributed by atoms with Gasteiger partial charge in [-0.15, -0.1) is 0 Å². The maximum atomic E-state index is 11.6. The Bertz CT molecular complexity index is 1340. The molecule has 0 aliphatic rings. The standard InChI is InChI=1S/C16H11N2O7S2.Na/c19-14-8-5-10-9-11(26(20,21)22)6-7-12(10)16(14)18-17-13-3-1-2-4-15(13)27(23,24)25;/h1,3-9,19H,(H,20,21,22)(H,23,24,25);. The third kappa shape index (κ3) is 4.41. The van der Waals surface area contributed by atoms with Gasteiger partial charge in [-0.1, -0.05) is 0 Å². The SMILES string of the molecule is O=S(=O)(O)c1ccc2c(N=Nc3cc[c]([Na])cc3S(=O)(=O)O)c(O)ccc2c1. The molecule has 0 spiro atoms. The zero-order valence-corrected chi connectivity index (χ0v) is 17.9. The fourth-order valence-corrected chi connectivity index (χ4v) is 4.45. The van der Waals surface area contributed by atoms with Crippen LogP contribution >= 0.6 is 0 Å².